The Kier molecular flexibility index (Phi) is 4.00. The van der Waals surface area contributed by atoms with Crippen LogP contribution in [-0.4, -0.2) is 30.2 Å². The van der Waals surface area contributed by atoms with E-state index >= 15 is 0 Å². The second-order valence-corrected chi connectivity index (χ2v) is 5.79. The first-order chi connectivity index (χ1) is 9.79. The molecule has 0 aliphatic heterocycles. The lowest BCUT2D eigenvalue weighted by Gasteiger charge is -2.06. The van der Waals surface area contributed by atoms with Crippen molar-refractivity contribution in [2.24, 2.45) is 0 Å². The van der Waals surface area contributed by atoms with E-state index in [9.17, 15) is 0 Å². The molecule has 3 heterocycles. The van der Waals surface area contributed by atoms with E-state index in [1.54, 1.807) is 24.7 Å². The minimum Gasteiger partial charge on any atom is -0.463 e. The van der Waals surface area contributed by atoms with Gasteiger partial charge in [0, 0.05) is 19.0 Å². The van der Waals surface area contributed by atoms with Crippen LogP contribution >= 0.6 is 27.3 Å². The molecule has 0 amide bonds. The van der Waals surface area contributed by atoms with Gasteiger partial charge in [0.05, 0.1) is 22.0 Å². The highest BCUT2D eigenvalue weighted by atomic mass is 79.9. The van der Waals surface area contributed by atoms with Gasteiger partial charge >= 0.3 is 0 Å². The monoisotopic (exact) mass is 353 g/mol. The summed E-state index contributed by atoms with van der Waals surface area (Å²) in [6.45, 7) is 1.25. The third-order valence-corrected chi connectivity index (χ3v) is 4.60. The van der Waals surface area contributed by atoms with Gasteiger partial charge in [-0.05, 0) is 28.1 Å². The quantitative estimate of drug-likeness (QED) is 0.707. The van der Waals surface area contributed by atoms with E-state index in [2.05, 4.69) is 31.2 Å². The molecule has 0 spiro atoms. The summed E-state index contributed by atoms with van der Waals surface area (Å²) < 4.78 is 12.4. The van der Waals surface area contributed by atoms with Crippen LogP contribution in [0, 0.1) is 0 Å². The largest absolute Gasteiger partial charge is 0.463 e. The molecule has 0 atom stereocenters. The molecule has 0 radical (unpaired) electrons. The second kappa shape index (κ2) is 5.90. The molecule has 0 unspecified atom stereocenters. The summed E-state index contributed by atoms with van der Waals surface area (Å²) in [5, 5.41) is 5.16. The molecule has 0 aliphatic rings. The Morgan fingerprint density at radius 1 is 1.45 bits per heavy atom. The smallest absolute Gasteiger partial charge is 0.224 e. The zero-order valence-electron chi connectivity index (χ0n) is 10.7. The fourth-order valence-corrected chi connectivity index (χ4v) is 3.37. The van der Waals surface area contributed by atoms with Crippen LogP contribution in [0.5, 0.6) is 0 Å². The van der Waals surface area contributed by atoms with Crippen molar-refractivity contribution < 1.29 is 9.15 Å². The highest BCUT2D eigenvalue weighted by Gasteiger charge is 2.15. The minimum atomic E-state index is 0.569. The fourth-order valence-electron chi connectivity index (χ4n) is 1.81. The van der Waals surface area contributed by atoms with Gasteiger partial charge < -0.3 is 14.5 Å². The molecule has 5 nitrogen and oxygen atoms in total. The van der Waals surface area contributed by atoms with E-state index in [1.165, 1.54) is 0 Å². The molecule has 0 aliphatic carbocycles. The zero-order chi connectivity index (χ0) is 13.9. The lowest BCUT2D eigenvalue weighted by atomic mass is 10.3. The van der Waals surface area contributed by atoms with E-state index < -0.39 is 0 Å². The van der Waals surface area contributed by atoms with Crippen LogP contribution in [0.2, 0.25) is 0 Å². The van der Waals surface area contributed by atoms with Crippen LogP contribution in [0.3, 0.4) is 0 Å². The Morgan fingerprint density at radius 3 is 3.10 bits per heavy atom. The number of fused-ring (bicyclic) bond motifs is 1. The summed E-state index contributed by atoms with van der Waals surface area (Å²) in [5.41, 5.74) is 1.69. The van der Waals surface area contributed by atoms with Gasteiger partial charge in [-0.25, -0.2) is 9.97 Å². The Morgan fingerprint density at radius 2 is 2.35 bits per heavy atom. The van der Waals surface area contributed by atoms with Gasteiger partial charge in [0.15, 0.2) is 5.76 Å². The van der Waals surface area contributed by atoms with Crippen molar-refractivity contribution in [1.29, 1.82) is 0 Å². The number of hydrogen-bond acceptors (Lipinski definition) is 6. The highest BCUT2D eigenvalue weighted by Crippen LogP contribution is 2.36. The summed E-state index contributed by atoms with van der Waals surface area (Å²) in [7, 11) is 1.66. The number of ether oxygens (including phenoxy) is 1. The molecular weight excluding hydrogens is 342 g/mol. The summed E-state index contributed by atoms with van der Waals surface area (Å²) in [6.07, 6.45) is 1.64. The Bertz CT molecular complexity index is 712. The molecule has 7 heteroatoms. The van der Waals surface area contributed by atoms with Gasteiger partial charge in [0.1, 0.15) is 11.2 Å². The van der Waals surface area contributed by atoms with Crippen LogP contribution in [0.1, 0.15) is 0 Å². The van der Waals surface area contributed by atoms with Crippen LogP contribution in [0.15, 0.2) is 32.7 Å². The lowest BCUT2D eigenvalue weighted by Crippen LogP contribution is -2.10. The standard InChI is InChI=1S/C13H12BrN3O2S/c1-18-6-4-15-13-16-10-8(14)7-20-12(10)11(17-13)9-3-2-5-19-9/h2-3,5,7H,4,6H2,1H3,(H,15,16,17). The van der Waals surface area contributed by atoms with Crippen LogP contribution in [0.4, 0.5) is 5.95 Å². The number of nitrogens with one attached hydrogen (secondary N) is 1. The average molecular weight is 354 g/mol. The fraction of sp³-hybridized carbons (Fsp3) is 0.231. The lowest BCUT2D eigenvalue weighted by molar-refractivity contribution is 0.210. The Balaban J connectivity index is 2.07. The maximum absolute atomic E-state index is 5.47. The van der Waals surface area contributed by atoms with Crippen molar-refractivity contribution in [3.8, 4) is 11.5 Å². The molecule has 3 aromatic rings. The van der Waals surface area contributed by atoms with Crippen molar-refractivity contribution in [2.75, 3.05) is 25.6 Å². The molecule has 0 saturated heterocycles. The molecule has 0 saturated carbocycles. The summed E-state index contributed by atoms with van der Waals surface area (Å²) in [6, 6.07) is 3.75. The first-order valence-electron chi connectivity index (χ1n) is 6.01. The van der Waals surface area contributed by atoms with E-state index in [0.29, 0.717) is 19.1 Å². The van der Waals surface area contributed by atoms with Gasteiger partial charge in [-0.2, -0.15) is 0 Å². The number of furan rings is 1. The third kappa shape index (κ3) is 2.56. The van der Waals surface area contributed by atoms with Gasteiger partial charge in [-0.15, -0.1) is 11.3 Å². The topological polar surface area (TPSA) is 60.2 Å². The van der Waals surface area contributed by atoms with Crippen LogP contribution in [-0.2, 0) is 4.74 Å². The summed E-state index contributed by atoms with van der Waals surface area (Å²) in [5.74, 6) is 1.31. The van der Waals surface area contributed by atoms with E-state index in [4.69, 9.17) is 9.15 Å². The number of anilines is 1. The molecule has 3 aromatic heterocycles. The molecule has 0 bridgehead atoms. The molecular formula is C13H12BrN3O2S. The number of aromatic nitrogens is 2. The van der Waals surface area contributed by atoms with E-state index in [1.807, 2.05) is 17.5 Å². The first kappa shape index (κ1) is 13.5. The maximum atomic E-state index is 5.47. The van der Waals surface area contributed by atoms with Crippen LogP contribution < -0.4 is 5.32 Å². The number of thiophene rings is 1. The van der Waals surface area contributed by atoms with E-state index in [-0.39, 0.29) is 0 Å². The predicted molar refractivity (Wildman–Crippen MR) is 83.2 cm³/mol. The normalized spacial score (nSPS) is 11.1. The molecule has 0 aromatic carbocycles. The Hall–Kier alpha value is -1.44. The first-order valence-corrected chi connectivity index (χ1v) is 7.68. The Labute approximate surface area is 128 Å². The van der Waals surface area contributed by atoms with Crippen molar-refractivity contribution in [1.82, 2.24) is 9.97 Å². The number of halogens is 1. The highest BCUT2D eigenvalue weighted by molar-refractivity contribution is 9.10. The number of hydrogen-bond donors (Lipinski definition) is 1. The maximum Gasteiger partial charge on any atom is 0.224 e. The summed E-state index contributed by atoms with van der Waals surface area (Å²) in [4.78, 5) is 9.07. The van der Waals surface area contributed by atoms with Crippen LogP contribution in [0.25, 0.3) is 21.7 Å². The molecule has 1 N–H and O–H groups in total. The molecule has 104 valence electrons. The zero-order valence-corrected chi connectivity index (χ0v) is 13.1. The van der Waals surface area contributed by atoms with Gasteiger partial charge in [-0.1, -0.05) is 0 Å². The van der Waals surface area contributed by atoms with Crippen molar-refractivity contribution in [3.05, 3.63) is 28.2 Å². The number of methoxy groups -OCH3 is 1. The van der Waals surface area contributed by atoms with Gasteiger partial charge in [0.2, 0.25) is 5.95 Å². The number of rotatable bonds is 5. The number of nitrogens with zero attached hydrogens (tertiary/aromatic N) is 2. The molecule has 0 fully saturated rings. The van der Waals surface area contributed by atoms with Gasteiger partial charge in [0.25, 0.3) is 0 Å². The van der Waals surface area contributed by atoms with Crippen molar-refractivity contribution >= 4 is 43.4 Å². The third-order valence-electron chi connectivity index (χ3n) is 2.72. The molecule has 20 heavy (non-hydrogen) atoms. The van der Waals surface area contributed by atoms with Crippen molar-refractivity contribution in [2.45, 2.75) is 0 Å². The minimum absolute atomic E-state index is 0.569. The average Bonchev–Trinajstić information content (AvgIpc) is 3.09. The summed E-state index contributed by atoms with van der Waals surface area (Å²) >= 11 is 5.11. The van der Waals surface area contributed by atoms with Crippen molar-refractivity contribution in [3.63, 3.8) is 0 Å². The SMILES string of the molecule is COCCNc1nc(-c2ccco2)c2scc(Br)c2n1. The van der Waals surface area contributed by atoms with Gasteiger partial charge in [-0.3, -0.25) is 0 Å². The second-order valence-electron chi connectivity index (χ2n) is 4.05. The predicted octanol–water partition coefficient (Wildman–Crippen LogP) is 3.77. The molecule has 3 rings (SSSR count). The van der Waals surface area contributed by atoms with E-state index in [0.717, 1.165) is 26.1 Å².